The van der Waals surface area contributed by atoms with Gasteiger partial charge in [0.15, 0.2) is 11.7 Å². The third-order valence-electron chi connectivity index (χ3n) is 1.61. The van der Waals surface area contributed by atoms with E-state index in [0.717, 1.165) is 0 Å². The maximum absolute atomic E-state index is 12.9. The molecule has 0 aromatic rings. The SMILES string of the molecule is C=C(/C=C(F)\C(F)=C/CF)C[C@@H](N)C(=O)O. The number of allylic oxidation sites excluding steroid dienone is 4. The van der Waals surface area contributed by atoms with Crippen molar-refractivity contribution >= 4 is 5.97 Å². The standard InChI is InChI=1S/C10H12F3NO2/c1-6(5-9(14)10(15)16)4-8(13)7(12)2-3-11/h2,4,9H,1,3,5,14H2,(H,15,16)/b7-2+,8-4+/t9-/m1/s1. The minimum atomic E-state index is -1.35. The van der Waals surface area contributed by atoms with Crippen LogP contribution in [0.25, 0.3) is 0 Å². The summed E-state index contributed by atoms with van der Waals surface area (Å²) < 4.78 is 37.2. The van der Waals surface area contributed by atoms with Crippen LogP contribution in [0.15, 0.2) is 36.0 Å². The Kier molecular flexibility index (Phi) is 6.17. The molecular formula is C10H12F3NO2. The summed E-state index contributed by atoms with van der Waals surface area (Å²) in [6.45, 7) is 2.18. The van der Waals surface area contributed by atoms with E-state index in [9.17, 15) is 18.0 Å². The highest BCUT2D eigenvalue weighted by molar-refractivity contribution is 5.73. The molecular weight excluding hydrogens is 223 g/mol. The van der Waals surface area contributed by atoms with Gasteiger partial charge in [-0.3, -0.25) is 4.79 Å². The molecule has 0 saturated carbocycles. The first-order chi connectivity index (χ1) is 7.38. The van der Waals surface area contributed by atoms with Crippen LogP contribution in [0.5, 0.6) is 0 Å². The number of hydrogen-bond acceptors (Lipinski definition) is 2. The highest BCUT2D eigenvalue weighted by atomic mass is 19.2. The Morgan fingerprint density at radius 2 is 2.00 bits per heavy atom. The van der Waals surface area contributed by atoms with Gasteiger partial charge in [-0.05, 0) is 18.6 Å². The van der Waals surface area contributed by atoms with Crippen molar-refractivity contribution in [2.75, 3.05) is 6.67 Å². The van der Waals surface area contributed by atoms with E-state index in [0.29, 0.717) is 12.2 Å². The predicted molar refractivity (Wildman–Crippen MR) is 53.7 cm³/mol. The van der Waals surface area contributed by atoms with Crippen LogP contribution in [0.1, 0.15) is 6.42 Å². The largest absolute Gasteiger partial charge is 0.480 e. The third kappa shape index (κ3) is 5.35. The summed E-state index contributed by atoms with van der Waals surface area (Å²) >= 11 is 0. The van der Waals surface area contributed by atoms with Crippen molar-refractivity contribution in [3.05, 3.63) is 36.0 Å². The minimum Gasteiger partial charge on any atom is -0.480 e. The Hall–Kier alpha value is -1.56. The number of carboxylic acid groups (broad SMARTS) is 1. The summed E-state index contributed by atoms with van der Waals surface area (Å²) in [6, 6.07) is -1.23. The second-order valence-electron chi connectivity index (χ2n) is 3.01. The van der Waals surface area contributed by atoms with Crippen LogP contribution < -0.4 is 5.73 Å². The average Bonchev–Trinajstić information content (AvgIpc) is 2.17. The fourth-order valence-corrected chi connectivity index (χ4v) is 0.842. The Balaban J connectivity index is 4.48. The van der Waals surface area contributed by atoms with Gasteiger partial charge < -0.3 is 10.8 Å². The summed E-state index contributed by atoms with van der Waals surface area (Å²) in [7, 11) is 0. The summed E-state index contributed by atoms with van der Waals surface area (Å²) in [5.74, 6) is -3.93. The monoisotopic (exact) mass is 235 g/mol. The van der Waals surface area contributed by atoms with E-state index >= 15 is 0 Å². The Morgan fingerprint density at radius 1 is 1.44 bits per heavy atom. The molecule has 0 spiro atoms. The van der Waals surface area contributed by atoms with Crippen LogP contribution in [0, 0.1) is 0 Å². The molecule has 0 radical (unpaired) electrons. The van der Waals surface area contributed by atoms with E-state index in [1.165, 1.54) is 0 Å². The molecule has 0 aliphatic rings. The lowest BCUT2D eigenvalue weighted by Gasteiger charge is -2.05. The molecule has 90 valence electrons. The van der Waals surface area contributed by atoms with Gasteiger partial charge in [0.2, 0.25) is 0 Å². The second kappa shape index (κ2) is 6.84. The molecule has 0 aromatic carbocycles. The molecule has 0 fully saturated rings. The highest BCUT2D eigenvalue weighted by Crippen LogP contribution is 2.16. The maximum atomic E-state index is 12.9. The average molecular weight is 235 g/mol. The van der Waals surface area contributed by atoms with Gasteiger partial charge in [-0.25, -0.2) is 13.2 Å². The molecule has 3 nitrogen and oxygen atoms in total. The van der Waals surface area contributed by atoms with E-state index in [4.69, 9.17) is 10.8 Å². The minimum absolute atomic E-state index is 0.00908. The van der Waals surface area contributed by atoms with Crippen LogP contribution in [-0.2, 0) is 4.79 Å². The first-order valence-corrected chi connectivity index (χ1v) is 4.33. The van der Waals surface area contributed by atoms with Gasteiger partial charge >= 0.3 is 5.97 Å². The molecule has 0 aliphatic carbocycles. The quantitative estimate of drug-likeness (QED) is 0.692. The van der Waals surface area contributed by atoms with Crippen LogP contribution in [0.4, 0.5) is 13.2 Å². The molecule has 0 unspecified atom stereocenters. The number of aliphatic carboxylic acids is 1. The van der Waals surface area contributed by atoms with E-state index in [1.54, 1.807) is 0 Å². The van der Waals surface area contributed by atoms with Crippen LogP contribution in [-0.4, -0.2) is 23.8 Å². The fraction of sp³-hybridized carbons (Fsp3) is 0.300. The predicted octanol–water partition coefficient (Wildman–Crippen LogP) is 2.02. The van der Waals surface area contributed by atoms with Crippen LogP contribution >= 0.6 is 0 Å². The molecule has 3 N–H and O–H groups in total. The maximum Gasteiger partial charge on any atom is 0.320 e. The molecule has 0 saturated heterocycles. The summed E-state index contributed by atoms with van der Waals surface area (Å²) in [4.78, 5) is 10.3. The number of rotatable bonds is 6. The van der Waals surface area contributed by atoms with Gasteiger partial charge in [-0.15, -0.1) is 0 Å². The Labute approximate surface area is 90.7 Å². The first-order valence-electron chi connectivity index (χ1n) is 4.33. The van der Waals surface area contributed by atoms with Crippen molar-refractivity contribution in [2.24, 2.45) is 5.73 Å². The second-order valence-corrected chi connectivity index (χ2v) is 3.01. The molecule has 0 amide bonds. The molecule has 0 aromatic heterocycles. The highest BCUT2D eigenvalue weighted by Gasteiger charge is 2.12. The van der Waals surface area contributed by atoms with Crippen molar-refractivity contribution < 1.29 is 23.1 Å². The molecule has 0 aliphatic heterocycles. The zero-order valence-corrected chi connectivity index (χ0v) is 8.42. The lowest BCUT2D eigenvalue weighted by atomic mass is 10.1. The number of nitrogens with two attached hydrogens (primary N) is 1. The molecule has 1 atom stereocenters. The fourth-order valence-electron chi connectivity index (χ4n) is 0.842. The first kappa shape index (κ1) is 14.4. The number of halogens is 3. The van der Waals surface area contributed by atoms with Gasteiger partial charge in [0.1, 0.15) is 12.7 Å². The van der Waals surface area contributed by atoms with Gasteiger partial charge in [0, 0.05) is 0 Å². The third-order valence-corrected chi connectivity index (χ3v) is 1.61. The van der Waals surface area contributed by atoms with Crippen molar-refractivity contribution in [1.29, 1.82) is 0 Å². The Morgan fingerprint density at radius 3 is 2.44 bits per heavy atom. The van der Waals surface area contributed by atoms with E-state index in [1.807, 2.05) is 0 Å². The van der Waals surface area contributed by atoms with Crippen LogP contribution in [0.3, 0.4) is 0 Å². The van der Waals surface area contributed by atoms with E-state index in [2.05, 4.69) is 6.58 Å². The van der Waals surface area contributed by atoms with Crippen LogP contribution in [0.2, 0.25) is 0 Å². The van der Waals surface area contributed by atoms with Gasteiger partial charge in [0.05, 0.1) is 0 Å². The summed E-state index contributed by atoms with van der Waals surface area (Å²) in [5, 5.41) is 8.44. The van der Waals surface area contributed by atoms with Gasteiger partial charge in [-0.2, -0.15) is 0 Å². The lowest BCUT2D eigenvalue weighted by Crippen LogP contribution is -2.30. The lowest BCUT2D eigenvalue weighted by molar-refractivity contribution is -0.138. The number of carboxylic acids is 1. The van der Waals surface area contributed by atoms with Crippen molar-refractivity contribution in [1.82, 2.24) is 0 Å². The van der Waals surface area contributed by atoms with Gasteiger partial charge in [0.25, 0.3) is 0 Å². The topological polar surface area (TPSA) is 63.3 Å². The molecule has 6 heteroatoms. The zero-order chi connectivity index (χ0) is 12.7. The smallest absolute Gasteiger partial charge is 0.320 e. The summed E-state index contributed by atoms with van der Waals surface area (Å²) in [6.07, 6.45) is 0.881. The molecule has 0 heterocycles. The number of hydrogen-bond donors (Lipinski definition) is 2. The van der Waals surface area contributed by atoms with Crippen molar-refractivity contribution in [3.8, 4) is 0 Å². The van der Waals surface area contributed by atoms with Crippen molar-refractivity contribution in [3.63, 3.8) is 0 Å². The van der Waals surface area contributed by atoms with Crippen molar-refractivity contribution in [2.45, 2.75) is 12.5 Å². The zero-order valence-electron chi connectivity index (χ0n) is 8.42. The summed E-state index contributed by atoms with van der Waals surface area (Å²) in [5.41, 5.74) is 5.16. The number of carbonyl (C=O) groups is 1. The normalized spacial score (nSPS) is 14.8. The van der Waals surface area contributed by atoms with Gasteiger partial charge in [-0.1, -0.05) is 12.2 Å². The van der Waals surface area contributed by atoms with E-state index < -0.39 is 30.3 Å². The number of alkyl halides is 1. The van der Waals surface area contributed by atoms with E-state index in [-0.39, 0.29) is 12.0 Å². The molecule has 16 heavy (non-hydrogen) atoms. The Bertz CT molecular complexity index is 337. The molecule has 0 bridgehead atoms. The molecule has 0 rings (SSSR count).